The molecule has 0 amide bonds. The van der Waals surface area contributed by atoms with Gasteiger partial charge in [-0.2, -0.15) is 0 Å². The Bertz CT molecular complexity index is 337. The summed E-state index contributed by atoms with van der Waals surface area (Å²) >= 11 is 1.79. The van der Waals surface area contributed by atoms with Crippen LogP contribution < -0.4 is 0 Å². The van der Waals surface area contributed by atoms with Crippen molar-refractivity contribution in [2.24, 2.45) is 16.7 Å². The molecule has 1 N–H and O–H groups in total. The number of aliphatic hydroxyl groups is 1. The Balaban J connectivity index is 1.89. The molecule has 0 saturated heterocycles. The van der Waals surface area contributed by atoms with Gasteiger partial charge in [0.2, 0.25) is 0 Å². The summed E-state index contributed by atoms with van der Waals surface area (Å²) in [5.41, 5.74) is 0.587. The van der Waals surface area contributed by atoms with Crippen LogP contribution in [0, 0.1) is 16.7 Å². The van der Waals surface area contributed by atoms with Gasteiger partial charge in [0.1, 0.15) is 0 Å². The first kappa shape index (κ1) is 12.1. The molecule has 1 aromatic heterocycles. The minimum absolute atomic E-state index is 0.146. The van der Waals surface area contributed by atoms with Crippen LogP contribution in [0.4, 0.5) is 0 Å². The largest absolute Gasteiger partial charge is 0.393 e. The summed E-state index contributed by atoms with van der Waals surface area (Å²) < 4.78 is 0. The van der Waals surface area contributed by atoms with Crippen LogP contribution in [-0.2, 0) is 6.42 Å². The van der Waals surface area contributed by atoms with Gasteiger partial charge in [-0.05, 0) is 41.0 Å². The Morgan fingerprint density at radius 3 is 2.38 bits per heavy atom. The zero-order chi connectivity index (χ0) is 12.0. The first-order valence-corrected chi connectivity index (χ1v) is 6.96. The van der Waals surface area contributed by atoms with Gasteiger partial charge >= 0.3 is 0 Å². The second-order valence-electron chi connectivity index (χ2n) is 6.11. The molecule has 0 spiro atoms. The van der Waals surface area contributed by atoms with Crippen molar-refractivity contribution in [2.75, 3.05) is 0 Å². The lowest BCUT2D eigenvalue weighted by molar-refractivity contribution is 0.120. The fraction of sp³-hybridized carbons (Fsp3) is 0.714. The van der Waals surface area contributed by atoms with E-state index in [0.717, 1.165) is 12.8 Å². The molecule has 1 saturated carbocycles. The van der Waals surface area contributed by atoms with Crippen molar-refractivity contribution in [1.82, 2.24) is 0 Å². The monoisotopic (exact) mass is 238 g/mol. The maximum atomic E-state index is 10.3. The summed E-state index contributed by atoms with van der Waals surface area (Å²) in [6.45, 7) is 9.08. The zero-order valence-electron chi connectivity index (χ0n) is 10.7. The zero-order valence-corrected chi connectivity index (χ0v) is 11.5. The Hall–Kier alpha value is -0.340. The molecule has 0 aliphatic heterocycles. The molecule has 2 heteroatoms. The molecular weight excluding hydrogens is 216 g/mol. The van der Waals surface area contributed by atoms with Crippen LogP contribution in [0.3, 0.4) is 0 Å². The van der Waals surface area contributed by atoms with Crippen molar-refractivity contribution >= 4 is 11.3 Å². The first-order valence-electron chi connectivity index (χ1n) is 6.08. The van der Waals surface area contributed by atoms with Crippen LogP contribution in [0.2, 0.25) is 0 Å². The molecule has 0 bridgehead atoms. The van der Waals surface area contributed by atoms with Crippen LogP contribution in [0.5, 0.6) is 0 Å². The Morgan fingerprint density at radius 2 is 1.94 bits per heavy atom. The van der Waals surface area contributed by atoms with Crippen LogP contribution in [0.15, 0.2) is 17.5 Å². The van der Waals surface area contributed by atoms with Gasteiger partial charge in [-0.3, -0.25) is 0 Å². The molecule has 16 heavy (non-hydrogen) atoms. The highest BCUT2D eigenvalue weighted by Gasteiger charge is 2.66. The van der Waals surface area contributed by atoms with Gasteiger partial charge < -0.3 is 5.11 Å². The van der Waals surface area contributed by atoms with Gasteiger partial charge in [-0.25, -0.2) is 0 Å². The van der Waals surface area contributed by atoms with E-state index in [9.17, 15) is 5.11 Å². The second kappa shape index (κ2) is 3.85. The number of aliphatic hydroxyl groups excluding tert-OH is 1. The van der Waals surface area contributed by atoms with Crippen LogP contribution in [0.25, 0.3) is 0 Å². The number of hydrogen-bond donors (Lipinski definition) is 1. The SMILES string of the molecule is CC1(C)C(C(O)CCc2cccs2)C1(C)C. The predicted molar refractivity (Wildman–Crippen MR) is 69.7 cm³/mol. The van der Waals surface area contributed by atoms with E-state index in [-0.39, 0.29) is 6.10 Å². The smallest absolute Gasteiger partial charge is 0.0582 e. The summed E-state index contributed by atoms with van der Waals surface area (Å²) in [5, 5.41) is 12.4. The van der Waals surface area contributed by atoms with E-state index in [1.165, 1.54) is 4.88 Å². The molecule has 0 radical (unpaired) electrons. The molecule has 1 aromatic rings. The highest BCUT2D eigenvalue weighted by Crippen LogP contribution is 2.69. The molecule has 2 rings (SSSR count). The standard InChI is InChI=1S/C14H22OS/c1-13(2)12(14(13,3)4)11(15)8-7-10-6-5-9-16-10/h5-6,9,11-12,15H,7-8H2,1-4H3. The molecule has 1 fully saturated rings. The maximum Gasteiger partial charge on any atom is 0.0582 e. The van der Waals surface area contributed by atoms with Gasteiger partial charge in [0.15, 0.2) is 0 Å². The van der Waals surface area contributed by atoms with Crippen molar-refractivity contribution in [3.8, 4) is 0 Å². The lowest BCUT2D eigenvalue weighted by atomic mass is 10.0. The molecule has 1 aliphatic rings. The van der Waals surface area contributed by atoms with E-state index in [4.69, 9.17) is 0 Å². The highest BCUT2D eigenvalue weighted by atomic mass is 32.1. The number of rotatable bonds is 4. The van der Waals surface area contributed by atoms with Crippen molar-refractivity contribution < 1.29 is 5.11 Å². The van der Waals surface area contributed by atoms with E-state index >= 15 is 0 Å². The molecule has 1 atom stereocenters. The fourth-order valence-electron chi connectivity index (χ4n) is 3.12. The van der Waals surface area contributed by atoms with Gasteiger partial charge in [0, 0.05) is 4.88 Å². The summed E-state index contributed by atoms with van der Waals surface area (Å²) in [5.74, 6) is 0.458. The Kier molecular flexibility index (Phi) is 2.92. The van der Waals surface area contributed by atoms with Crippen molar-refractivity contribution in [1.29, 1.82) is 0 Å². The normalized spacial score (nSPS) is 24.3. The Labute approximate surface area is 103 Å². The minimum Gasteiger partial charge on any atom is -0.393 e. The third-order valence-electron chi connectivity index (χ3n) is 4.78. The minimum atomic E-state index is -0.146. The van der Waals surface area contributed by atoms with Gasteiger partial charge in [0.25, 0.3) is 0 Å². The van der Waals surface area contributed by atoms with Crippen molar-refractivity contribution in [3.63, 3.8) is 0 Å². The van der Waals surface area contributed by atoms with E-state index in [2.05, 4.69) is 45.2 Å². The van der Waals surface area contributed by atoms with Crippen molar-refractivity contribution in [3.05, 3.63) is 22.4 Å². The topological polar surface area (TPSA) is 20.2 Å². The molecule has 90 valence electrons. The maximum absolute atomic E-state index is 10.3. The molecular formula is C14H22OS. The summed E-state index contributed by atoms with van der Waals surface area (Å²) in [6.07, 6.45) is 1.77. The van der Waals surface area contributed by atoms with Crippen LogP contribution >= 0.6 is 11.3 Å². The average molecular weight is 238 g/mol. The summed E-state index contributed by atoms with van der Waals surface area (Å²) in [7, 11) is 0. The second-order valence-corrected chi connectivity index (χ2v) is 7.14. The number of hydrogen-bond acceptors (Lipinski definition) is 2. The van der Waals surface area contributed by atoms with E-state index < -0.39 is 0 Å². The molecule has 1 nitrogen and oxygen atoms in total. The van der Waals surface area contributed by atoms with Crippen LogP contribution in [0.1, 0.15) is 39.0 Å². The van der Waals surface area contributed by atoms with E-state index in [1.54, 1.807) is 11.3 Å². The Morgan fingerprint density at radius 1 is 1.31 bits per heavy atom. The highest BCUT2D eigenvalue weighted by molar-refractivity contribution is 7.09. The van der Waals surface area contributed by atoms with Crippen molar-refractivity contribution in [2.45, 2.75) is 46.6 Å². The van der Waals surface area contributed by atoms with Gasteiger partial charge in [0.05, 0.1) is 6.10 Å². The molecule has 1 unspecified atom stereocenters. The summed E-state index contributed by atoms with van der Waals surface area (Å²) in [6, 6.07) is 4.23. The molecule has 1 heterocycles. The van der Waals surface area contributed by atoms with E-state index in [0.29, 0.717) is 16.7 Å². The lowest BCUT2D eigenvalue weighted by Gasteiger charge is -2.11. The van der Waals surface area contributed by atoms with Crippen LogP contribution in [-0.4, -0.2) is 11.2 Å². The van der Waals surface area contributed by atoms with Gasteiger partial charge in [-0.1, -0.05) is 33.8 Å². The first-order chi connectivity index (χ1) is 7.37. The fourth-order valence-corrected chi connectivity index (χ4v) is 3.85. The van der Waals surface area contributed by atoms with Gasteiger partial charge in [-0.15, -0.1) is 11.3 Å². The third-order valence-corrected chi connectivity index (χ3v) is 5.72. The number of thiophene rings is 1. The molecule has 0 aromatic carbocycles. The predicted octanol–water partition coefficient (Wildman–Crippen LogP) is 3.72. The average Bonchev–Trinajstić information content (AvgIpc) is 2.61. The third kappa shape index (κ3) is 1.82. The number of aryl methyl sites for hydroxylation is 1. The molecule has 1 aliphatic carbocycles. The quantitative estimate of drug-likeness (QED) is 0.847. The lowest BCUT2D eigenvalue weighted by Crippen LogP contribution is -2.15. The summed E-state index contributed by atoms with van der Waals surface area (Å²) in [4.78, 5) is 1.38. The van der Waals surface area contributed by atoms with E-state index in [1.807, 2.05) is 0 Å².